The molecule has 0 bridgehead atoms. The Labute approximate surface area is 173 Å². The Morgan fingerprint density at radius 3 is 2.87 bits per heavy atom. The quantitative estimate of drug-likeness (QED) is 0.425. The van der Waals surface area contributed by atoms with Gasteiger partial charge in [0.05, 0.1) is 11.4 Å². The molecule has 0 atom stereocenters. The maximum Gasteiger partial charge on any atom is 0.292 e. The second-order valence-electron chi connectivity index (χ2n) is 7.69. The number of anilines is 1. The van der Waals surface area contributed by atoms with Crippen LogP contribution in [0.4, 0.5) is 5.69 Å². The van der Waals surface area contributed by atoms with E-state index in [-0.39, 0.29) is 11.5 Å². The zero-order chi connectivity index (χ0) is 20.5. The number of nitrogens with zero attached hydrogens (tertiary/aromatic N) is 2. The molecule has 0 aliphatic heterocycles. The van der Waals surface area contributed by atoms with Crippen LogP contribution in [0.15, 0.2) is 65.7 Å². The fourth-order valence-electron chi connectivity index (χ4n) is 4.17. The highest BCUT2D eigenvalue weighted by Crippen LogP contribution is 2.35. The lowest BCUT2D eigenvalue weighted by atomic mass is 10.1. The largest absolute Gasteiger partial charge is 0.326 e. The number of rotatable bonds is 6. The van der Waals surface area contributed by atoms with E-state index < -0.39 is 0 Å². The van der Waals surface area contributed by atoms with Crippen molar-refractivity contribution >= 4 is 17.2 Å². The molecule has 5 rings (SSSR count). The molecule has 6 nitrogen and oxygen atoms in total. The number of benzene rings is 2. The second-order valence-corrected chi connectivity index (χ2v) is 7.69. The summed E-state index contributed by atoms with van der Waals surface area (Å²) in [5.41, 5.74) is 6.24. The Hall–Kier alpha value is -3.67. The van der Waals surface area contributed by atoms with Crippen molar-refractivity contribution in [2.75, 3.05) is 5.32 Å². The van der Waals surface area contributed by atoms with E-state index in [0.29, 0.717) is 18.5 Å². The minimum atomic E-state index is -0.195. The van der Waals surface area contributed by atoms with E-state index in [4.69, 9.17) is 0 Å². The molecule has 0 saturated heterocycles. The number of hydrogen-bond acceptors (Lipinski definition) is 3. The topological polar surface area (TPSA) is 79.3 Å². The van der Waals surface area contributed by atoms with E-state index >= 15 is 0 Å². The first-order chi connectivity index (χ1) is 14.7. The first-order valence-electron chi connectivity index (χ1n) is 10.2. The van der Waals surface area contributed by atoms with Gasteiger partial charge in [0.1, 0.15) is 0 Å². The van der Waals surface area contributed by atoms with Gasteiger partial charge < -0.3 is 10.3 Å². The molecule has 6 heteroatoms. The van der Waals surface area contributed by atoms with Gasteiger partial charge in [-0.3, -0.25) is 14.0 Å². The number of aromatic nitrogens is 3. The van der Waals surface area contributed by atoms with Gasteiger partial charge in [-0.2, -0.15) is 0 Å². The minimum absolute atomic E-state index is 0.0314. The zero-order valence-corrected chi connectivity index (χ0v) is 16.5. The lowest BCUT2D eigenvalue weighted by Crippen LogP contribution is -2.13. The number of aromatic amines is 1. The molecular weight excluding hydrogens is 376 g/mol. The zero-order valence-electron chi connectivity index (χ0n) is 16.5. The summed E-state index contributed by atoms with van der Waals surface area (Å²) in [6.07, 6.45) is 7.49. The molecule has 4 aromatic rings. The van der Waals surface area contributed by atoms with Gasteiger partial charge in [-0.25, -0.2) is 4.98 Å². The average Bonchev–Trinajstić information content (AvgIpc) is 3.37. The fourth-order valence-corrected chi connectivity index (χ4v) is 4.17. The number of fused-ring (bicyclic) bond motifs is 5. The summed E-state index contributed by atoms with van der Waals surface area (Å²) < 4.78 is 1.85. The van der Waals surface area contributed by atoms with Crippen molar-refractivity contribution in [2.45, 2.75) is 32.1 Å². The molecule has 0 radical (unpaired) electrons. The fraction of sp³-hybridized carbons (Fsp3) is 0.208. The van der Waals surface area contributed by atoms with Crippen molar-refractivity contribution in [3.63, 3.8) is 0 Å². The van der Waals surface area contributed by atoms with Gasteiger partial charge in [-0.1, -0.05) is 36.4 Å². The van der Waals surface area contributed by atoms with Crippen molar-refractivity contribution in [2.24, 2.45) is 0 Å². The summed E-state index contributed by atoms with van der Waals surface area (Å²) in [5.74, 6) is 0.0314. The Balaban J connectivity index is 1.23. The third-order valence-corrected chi connectivity index (χ3v) is 5.64. The minimum Gasteiger partial charge on any atom is -0.326 e. The smallest absolute Gasteiger partial charge is 0.292 e. The monoisotopic (exact) mass is 398 g/mol. The van der Waals surface area contributed by atoms with Crippen molar-refractivity contribution in [1.29, 1.82) is 0 Å². The predicted molar refractivity (Wildman–Crippen MR) is 117 cm³/mol. The van der Waals surface area contributed by atoms with Crippen LogP contribution < -0.4 is 10.9 Å². The van der Waals surface area contributed by atoms with Crippen LogP contribution in [0.5, 0.6) is 0 Å². The van der Waals surface area contributed by atoms with Crippen molar-refractivity contribution in [3.8, 4) is 11.3 Å². The Morgan fingerprint density at radius 2 is 2.00 bits per heavy atom. The summed E-state index contributed by atoms with van der Waals surface area (Å²) in [5, 5.41) is 3.01. The van der Waals surface area contributed by atoms with Crippen molar-refractivity contribution < 1.29 is 4.79 Å². The average molecular weight is 398 g/mol. The highest BCUT2D eigenvalue weighted by molar-refractivity contribution is 5.91. The highest BCUT2D eigenvalue weighted by atomic mass is 16.1. The standard InChI is InChI=1S/C24H22N4O2/c29-21(9-5-4-8-16-6-2-1-3-7-16)26-18-10-11-19-17(14-18)15-20-22(19)27-24(30)23-25-12-13-28(20)23/h1-3,6-7,10-14H,4-5,8-9,15H2,(H,26,29)(H,27,30). The number of hydrogen-bond donors (Lipinski definition) is 2. The van der Waals surface area contributed by atoms with Crippen LogP contribution in [-0.4, -0.2) is 20.3 Å². The molecule has 0 fully saturated rings. The molecule has 0 spiro atoms. The van der Waals surface area contributed by atoms with E-state index in [1.54, 1.807) is 6.20 Å². The van der Waals surface area contributed by atoms with E-state index in [1.807, 2.05) is 47.0 Å². The number of imidazole rings is 1. The van der Waals surface area contributed by atoms with Gasteiger partial charge in [0, 0.05) is 36.5 Å². The first-order valence-corrected chi connectivity index (χ1v) is 10.2. The first kappa shape index (κ1) is 18.4. The summed E-state index contributed by atoms with van der Waals surface area (Å²) in [4.78, 5) is 31.7. The van der Waals surface area contributed by atoms with E-state index in [0.717, 1.165) is 47.5 Å². The SMILES string of the molecule is O=C(CCCCc1ccccc1)Nc1ccc2c(c1)Cc1c-2[nH]c(=O)c2nccn12. The predicted octanol–water partition coefficient (Wildman–Crippen LogP) is 3.95. The van der Waals surface area contributed by atoms with Gasteiger partial charge in [-0.05, 0) is 42.5 Å². The third-order valence-electron chi connectivity index (χ3n) is 5.64. The molecule has 2 heterocycles. The molecule has 1 aliphatic rings. The number of carbonyl (C=O) groups is 1. The maximum atomic E-state index is 12.4. The van der Waals surface area contributed by atoms with Crippen LogP contribution in [0.2, 0.25) is 0 Å². The van der Waals surface area contributed by atoms with Crippen LogP contribution >= 0.6 is 0 Å². The Bertz CT molecular complexity index is 1290. The van der Waals surface area contributed by atoms with E-state index in [9.17, 15) is 9.59 Å². The lowest BCUT2D eigenvalue weighted by Gasteiger charge is -2.08. The van der Waals surface area contributed by atoms with Crippen LogP contribution in [-0.2, 0) is 17.6 Å². The van der Waals surface area contributed by atoms with Gasteiger partial charge in [0.2, 0.25) is 11.6 Å². The van der Waals surface area contributed by atoms with Crippen LogP contribution in [0.1, 0.15) is 36.1 Å². The molecule has 2 N–H and O–H groups in total. The Kier molecular flexibility index (Phi) is 4.67. The third kappa shape index (κ3) is 3.41. The Morgan fingerprint density at radius 1 is 1.13 bits per heavy atom. The molecule has 2 aromatic carbocycles. The van der Waals surface area contributed by atoms with Gasteiger partial charge in [0.25, 0.3) is 5.56 Å². The lowest BCUT2D eigenvalue weighted by molar-refractivity contribution is -0.116. The normalized spacial score (nSPS) is 12.0. The summed E-state index contributed by atoms with van der Waals surface area (Å²) >= 11 is 0. The number of H-pyrrole nitrogens is 1. The highest BCUT2D eigenvalue weighted by Gasteiger charge is 2.23. The number of unbranched alkanes of at least 4 members (excludes halogenated alkanes) is 1. The summed E-state index contributed by atoms with van der Waals surface area (Å²) in [7, 11) is 0. The molecule has 2 aromatic heterocycles. The molecule has 1 aliphatic carbocycles. The van der Waals surface area contributed by atoms with Crippen molar-refractivity contribution in [1.82, 2.24) is 14.4 Å². The van der Waals surface area contributed by atoms with Gasteiger partial charge >= 0.3 is 0 Å². The summed E-state index contributed by atoms with van der Waals surface area (Å²) in [6, 6.07) is 16.2. The molecule has 30 heavy (non-hydrogen) atoms. The van der Waals surface area contributed by atoms with E-state index in [1.165, 1.54) is 5.56 Å². The van der Waals surface area contributed by atoms with Gasteiger partial charge in [0.15, 0.2) is 0 Å². The molecule has 0 unspecified atom stereocenters. The van der Waals surface area contributed by atoms with Crippen LogP contribution in [0.3, 0.4) is 0 Å². The van der Waals surface area contributed by atoms with Crippen molar-refractivity contribution in [3.05, 3.63) is 88.1 Å². The number of aryl methyl sites for hydroxylation is 1. The van der Waals surface area contributed by atoms with Crippen LogP contribution in [0, 0.1) is 0 Å². The number of carbonyl (C=O) groups excluding carboxylic acids is 1. The molecule has 150 valence electrons. The second kappa shape index (κ2) is 7.63. The molecule has 1 amide bonds. The summed E-state index contributed by atoms with van der Waals surface area (Å²) in [6.45, 7) is 0. The van der Waals surface area contributed by atoms with Crippen LogP contribution in [0.25, 0.3) is 16.9 Å². The number of amides is 1. The van der Waals surface area contributed by atoms with Gasteiger partial charge in [-0.15, -0.1) is 0 Å². The molecule has 0 saturated carbocycles. The molecular formula is C24H22N4O2. The number of nitrogens with one attached hydrogen (secondary N) is 2. The van der Waals surface area contributed by atoms with E-state index in [2.05, 4.69) is 27.4 Å². The maximum absolute atomic E-state index is 12.4.